The Kier molecular flexibility index (Phi) is 5.23. The molecule has 0 aliphatic heterocycles. The summed E-state index contributed by atoms with van der Waals surface area (Å²) in [4.78, 5) is 2.17. The van der Waals surface area contributed by atoms with E-state index in [4.69, 9.17) is 9.47 Å². The standard InChI is InChI=1S/C15H23NO2/c1-7-8-12-9-14(17-5)15(18-6)10-13(12)11(2)16(3)4/h7,9-11H,1,8H2,2-6H3/t11-/m0/s1. The highest BCUT2D eigenvalue weighted by molar-refractivity contribution is 5.49. The number of rotatable bonds is 6. The Hall–Kier alpha value is -1.48. The van der Waals surface area contributed by atoms with Crippen molar-refractivity contribution in [3.8, 4) is 11.5 Å². The van der Waals surface area contributed by atoms with E-state index >= 15 is 0 Å². The SMILES string of the molecule is C=CCc1cc(OC)c(OC)cc1[C@H](C)N(C)C. The fraction of sp³-hybridized carbons (Fsp3) is 0.467. The highest BCUT2D eigenvalue weighted by Gasteiger charge is 2.16. The normalized spacial score (nSPS) is 12.3. The molecule has 0 N–H and O–H groups in total. The fourth-order valence-corrected chi connectivity index (χ4v) is 1.94. The Morgan fingerprint density at radius 2 is 1.78 bits per heavy atom. The molecule has 1 aromatic rings. The average molecular weight is 249 g/mol. The van der Waals surface area contributed by atoms with Gasteiger partial charge in [0.05, 0.1) is 14.2 Å². The molecule has 1 atom stereocenters. The maximum Gasteiger partial charge on any atom is 0.161 e. The molecule has 0 radical (unpaired) electrons. The lowest BCUT2D eigenvalue weighted by Crippen LogP contribution is -2.18. The zero-order valence-corrected chi connectivity index (χ0v) is 12.0. The van der Waals surface area contributed by atoms with E-state index in [2.05, 4.69) is 38.6 Å². The Labute approximate surface area is 110 Å². The van der Waals surface area contributed by atoms with Gasteiger partial charge in [0.1, 0.15) is 0 Å². The van der Waals surface area contributed by atoms with Crippen LogP contribution in [0.5, 0.6) is 11.5 Å². The minimum absolute atomic E-state index is 0.319. The van der Waals surface area contributed by atoms with E-state index in [0.717, 1.165) is 17.9 Å². The van der Waals surface area contributed by atoms with Crippen LogP contribution in [0.3, 0.4) is 0 Å². The molecule has 0 heterocycles. The topological polar surface area (TPSA) is 21.7 Å². The predicted molar refractivity (Wildman–Crippen MR) is 75.5 cm³/mol. The lowest BCUT2D eigenvalue weighted by Gasteiger charge is -2.24. The summed E-state index contributed by atoms with van der Waals surface area (Å²) in [5, 5.41) is 0. The molecule has 3 nitrogen and oxygen atoms in total. The summed E-state index contributed by atoms with van der Waals surface area (Å²) in [5.41, 5.74) is 2.47. The monoisotopic (exact) mass is 249 g/mol. The van der Waals surface area contributed by atoms with Crippen molar-refractivity contribution in [1.82, 2.24) is 4.90 Å². The van der Waals surface area contributed by atoms with Gasteiger partial charge >= 0.3 is 0 Å². The van der Waals surface area contributed by atoms with E-state index in [0.29, 0.717) is 6.04 Å². The molecule has 0 aliphatic carbocycles. The summed E-state index contributed by atoms with van der Waals surface area (Å²) in [6.45, 7) is 5.99. The Morgan fingerprint density at radius 1 is 1.22 bits per heavy atom. The molecule has 0 aliphatic rings. The largest absolute Gasteiger partial charge is 0.493 e. The van der Waals surface area contributed by atoms with E-state index in [1.54, 1.807) is 14.2 Å². The molecule has 1 aromatic carbocycles. The van der Waals surface area contributed by atoms with Gasteiger partial charge < -0.3 is 14.4 Å². The molecule has 1 rings (SSSR count). The van der Waals surface area contributed by atoms with Crippen molar-refractivity contribution in [3.63, 3.8) is 0 Å². The van der Waals surface area contributed by atoms with E-state index in [1.807, 2.05) is 12.1 Å². The van der Waals surface area contributed by atoms with Gasteiger partial charge in [-0.1, -0.05) is 6.08 Å². The van der Waals surface area contributed by atoms with Gasteiger partial charge in [0.2, 0.25) is 0 Å². The molecule has 0 unspecified atom stereocenters. The molecule has 0 amide bonds. The van der Waals surface area contributed by atoms with E-state index in [9.17, 15) is 0 Å². The molecule has 0 spiro atoms. The lowest BCUT2D eigenvalue weighted by atomic mass is 9.97. The minimum Gasteiger partial charge on any atom is -0.493 e. The maximum atomic E-state index is 5.37. The number of hydrogen-bond donors (Lipinski definition) is 0. The molecule has 100 valence electrons. The summed E-state index contributed by atoms with van der Waals surface area (Å²) in [6.07, 6.45) is 2.74. The van der Waals surface area contributed by atoms with Gasteiger partial charge in [0, 0.05) is 6.04 Å². The minimum atomic E-state index is 0.319. The van der Waals surface area contributed by atoms with Gasteiger partial charge in [0.25, 0.3) is 0 Å². The van der Waals surface area contributed by atoms with Crippen LogP contribution in [0.2, 0.25) is 0 Å². The van der Waals surface area contributed by atoms with Gasteiger partial charge in [-0.15, -0.1) is 6.58 Å². The van der Waals surface area contributed by atoms with Crippen LogP contribution >= 0.6 is 0 Å². The van der Waals surface area contributed by atoms with Gasteiger partial charge in [-0.3, -0.25) is 0 Å². The summed E-state index contributed by atoms with van der Waals surface area (Å²) in [7, 11) is 7.46. The third-order valence-electron chi connectivity index (χ3n) is 3.23. The van der Waals surface area contributed by atoms with E-state index in [1.165, 1.54) is 11.1 Å². The van der Waals surface area contributed by atoms with Gasteiger partial charge in [-0.2, -0.15) is 0 Å². The highest BCUT2D eigenvalue weighted by Crippen LogP contribution is 2.34. The van der Waals surface area contributed by atoms with Crippen molar-refractivity contribution in [2.75, 3.05) is 28.3 Å². The number of ether oxygens (including phenoxy) is 2. The molecular weight excluding hydrogens is 226 g/mol. The first-order valence-corrected chi connectivity index (χ1v) is 6.07. The summed E-state index contributed by atoms with van der Waals surface area (Å²) < 4.78 is 10.7. The third kappa shape index (κ3) is 3.05. The van der Waals surface area contributed by atoms with Crippen molar-refractivity contribution in [1.29, 1.82) is 0 Å². The number of allylic oxidation sites excluding steroid dienone is 1. The second-order valence-electron chi connectivity index (χ2n) is 4.54. The molecule has 0 saturated carbocycles. The summed E-state index contributed by atoms with van der Waals surface area (Å²) >= 11 is 0. The summed E-state index contributed by atoms with van der Waals surface area (Å²) in [5.74, 6) is 1.54. The lowest BCUT2D eigenvalue weighted by molar-refractivity contribution is 0.315. The van der Waals surface area contributed by atoms with Crippen LogP contribution in [-0.2, 0) is 6.42 Å². The van der Waals surface area contributed by atoms with Crippen molar-refractivity contribution in [2.45, 2.75) is 19.4 Å². The second kappa shape index (κ2) is 6.45. The first kappa shape index (κ1) is 14.6. The van der Waals surface area contributed by atoms with Crippen molar-refractivity contribution in [3.05, 3.63) is 35.9 Å². The smallest absolute Gasteiger partial charge is 0.161 e. The Morgan fingerprint density at radius 3 is 2.22 bits per heavy atom. The van der Waals surface area contributed by atoms with E-state index in [-0.39, 0.29) is 0 Å². The second-order valence-corrected chi connectivity index (χ2v) is 4.54. The van der Waals surface area contributed by atoms with Gasteiger partial charge in [0.15, 0.2) is 11.5 Å². The quantitative estimate of drug-likeness (QED) is 0.723. The zero-order valence-electron chi connectivity index (χ0n) is 12.0. The zero-order chi connectivity index (χ0) is 13.7. The number of nitrogens with zero attached hydrogens (tertiary/aromatic N) is 1. The molecule has 18 heavy (non-hydrogen) atoms. The first-order chi connectivity index (χ1) is 8.54. The molecule has 0 bridgehead atoms. The number of methoxy groups -OCH3 is 2. The van der Waals surface area contributed by atoms with Crippen LogP contribution in [0.15, 0.2) is 24.8 Å². The van der Waals surface area contributed by atoms with Gasteiger partial charge in [-0.25, -0.2) is 0 Å². The average Bonchev–Trinajstić information content (AvgIpc) is 2.37. The number of benzene rings is 1. The van der Waals surface area contributed by atoms with Crippen LogP contribution in [0.4, 0.5) is 0 Å². The Balaban J connectivity index is 3.32. The fourth-order valence-electron chi connectivity index (χ4n) is 1.94. The van der Waals surface area contributed by atoms with Crippen molar-refractivity contribution >= 4 is 0 Å². The molecular formula is C15H23NO2. The van der Waals surface area contributed by atoms with Crippen LogP contribution in [0.25, 0.3) is 0 Å². The van der Waals surface area contributed by atoms with Crippen molar-refractivity contribution < 1.29 is 9.47 Å². The predicted octanol–water partition coefficient (Wildman–Crippen LogP) is 3.05. The van der Waals surface area contributed by atoms with Crippen LogP contribution < -0.4 is 9.47 Å². The molecule has 0 aromatic heterocycles. The molecule has 3 heteroatoms. The number of hydrogen-bond acceptors (Lipinski definition) is 3. The highest BCUT2D eigenvalue weighted by atomic mass is 16.5. The first-order valence-electron chi connectivity index (χ1n) is 6.07. The third-order valence-corrected chi connectivity index (χ3v) is 3.23. The molecule has 0 saturated heterocycles. The van der Waals surface area contributed by atoms with Crippen LogP contribution in [0.1, 0.15) is 24.1 Å². The molecule has 0 fully saturated rings. The maximum absolute atomic E-state index is 5.37. The van der Waals surface area contributed by atoms with Crippen molar-refractivity contribution in [2.24, 2.45) is 0 Å². The van der Waals surface area contributed by atoms with Crippen LogP contribution in [-0.4, -0.2) is 33.2 Å². The van der Waals surface area contributed by atoms with Gasteiger partial charge in [-0.05, 0) is 50.7 Å². The Bertz CT molecular complexity index is 413. The van der Waals surface area contributed by atoms with Crippen LogP contribution in [0, 0.1) is 0 Å². The summed E-state index contributed by atoms with van der Waals surface area (Å²) in [6, 6.07) is 4.41. The van der Waals surface area contributed by atoms with E-state index < -0.39 is 0 Å².